The zero-order valence-electron chi connectivity index (χ0n) is 20.5. The minimum atomic E-state index is -1.12. The number of aromatic nitrogens is 2. The van der Waals surface area contributed by atoms with Gasteiger partial charge in [0.25, 0.3) is 11.8 Å². The van der Waals surface area contributed by atoms with Crippen LogP contribution in [0.2, 0.25) is 0 Å². The second-order valence-corrected chi connectivity index (χ2v) is 8.84. The Labute approximate surface area is 212 Å². The average molecular weight is 506 g/mol. The summed E-state index contributed by atoms with van der Waals surface area (Å²) in [4.78, 5) is 32.1. The van der Waals surface area contributed by atoms with Crippen molar-refractivity contribution in [1.29, 1.82) is 0 Å². The number of pyridine rings is 1. The van der Waals surface area contributed by atoms with Crippen LogP contribution in [0.3, 0.4) is 0 Å². The Morgan fingerprint density at radius 2 is 2.08 bits per heavy atom. The van der Waals surface area contributed by atoms with E-state index in [9.17, 15) is 18.4 Å². The number of aromatic amines is 1. The molecular weight excluding hydrogens is 480 g/mol. The van der Waals surface area contributed by atoms with Crippen molar-refractivity contribution in [2.24, 2.45) is 0 Å². The molecule has 0 aliphatic carbocycles. The summed E-state index contributed by atoms with van der Waals surface area (Å²) >= 11 is 0. The first-order chi connectivity index (χ1) is 17.6. The van der Waals surface area contributed by atoms with Crippen LogP contribution in [0.1, 0.15) is 35.5 Å². The third kappa shape index (κ3) is 5.30. The van der Waals surface area contributed by atoms with E-state index >= 15 is 0 Å². The Balaban J connectivity index is 1.83. The minimum absolute atomic E-state index is 0.00121. The summed E-state index contributed by atoms with van der Waals surface area (Å²) in [5.41, 5.74) is 2.42. The maximum atomic E-state index is 14.4. The summed E-state index contributed by atoms with van der Waals surface area (Å²) in [6.45, 7) is 6.71. The van der Waals surface area contributed by atoms with Gasteiger partial charge in [0.2, 0.25) is 0 Å². The Kier molecular flexibility index (Phi) is 6.98. The number of hydrogen-bond donors (Lipinski definition) is 4. The Bertz CT molecular complexity index is 1470. The Morgan fingerprint density at radius 3 is 2.81 bits per heavy atom. The van der Waals surface area contributed by atoms with E-state index in [1.54, 1.807) is 38.4 Å². The molecule has 1 aliphatic heterocycles. The van der Waals surface area contributed by atoms with Crippen molar-refractivity contribution in [3.8, 4) is 28.8 Å². The number of nitrogens with zero attached hydrogens (tertiary/aromatic N) is 1. The van der Waals surface area contributed by atoms with Crippen LogP contribution in [0, 0.1) is 17.7 Å². The molecule has 1 aromatic carbocycles. The van der Waals surface area contributed by atoms with Gasteiger partial charge >= 0.3 is 0 Å². The summed E-state index contributed by atoms with van der Waals surface area (Å²) in [6.07, 6.45) is 3.68. The van der Waals surface area contributed by atoms with Gasteiger partial charge in [-0.05, 0) is 32.0 Å². The van der Waals surface area contributed by atoms with Gasteiger partial charge in [-0.15, -0.1) is 0 Å². The molecule has 0 bridgehead atoms. The molecule has 1 aliphatic rings. The van der Waals surface area contributed by atoms with Crippen LogP contribution in [0.25, 0.3) is 11.3 Å². The summed E-state index contributed by atoms with van der Waals surface area (Å²) in [5.74, 6) is 3.02. The smallest absolute Gasteiger partial charge is 0.280 e. The minimum Gasteiger partial charge on any atom is -0.492 e. The molecular formula is C27H25F2N5O3. The van der Waals surface area contributed by atoms with Crippen molar-refractivity contribution in [3.63, 3.8) is 0 Å². The molecule has 3 aromatic rings. The SMILES string of the molecule is C=C(F)C(=O)NC(C)(C)C#Cc1cnccc1-c1[nH]c2c(c1Nc1cccc(F)c1OC)C(=O)NCC2. The first-order valence-electron chi connectivity index (χ1n) is 11.4. The van der Waals surface area contributed by atoms with Crippen LogP contribution in [-0.4, -0.2) is 41.0 Å². The highest BCUT2D eigenvalue weighted by Crippen LogP contribution is 2.40. The van der Waals surface area contributed by atoms with Gasteiger partial charge in [-0.2, -0.15) is 0 Å². The number of para-hydroxylation sites is 1. The number of halogens is 2. The first-order valence-corrected chi connectivity index (χ1v) is 11.4. The van der Waals surface area contributed by atoms with E-state index in [1.807, 2.05) is 0 Å². The zero-order valence-corrected chi connectivity index (χ0v) is 20.5. The molecule has 10 heteroatoms. The maximum Gasteiger partial charge on any atom is 0.280 e. The number of fused-ring (bicyclic) bond motifs is 1. The number of carbonyl (C=O) groups excluding carboxylic acids is 2. The van der Waals surface area contributed by atoms with E-state index in [2.05, 4.69) is 44.3 Å². The van der Waals surface area contributed by atoms with E-state index in [-0.39, 0.29) is 11.7 Å². The van der Waals surface area contributed by atoms with Crippen molar-refractivity contribution in [2.75, 3.05) is 19.0 Å². The number of amides is 2. The number of nitrogens with one attached hydrogen (secondary N) is 4. The van der Waals surface area contributed by atoms with Crippen molar-refractivity contribution in [3.05, 3.63) is 71.7 Å². The van der Waals surface area contributed by atoms with E-state index < -0.39 is 23.1 Å². The maximum absolute atomic E-state index is 14.4. The van der Waals surface area contributed by atoms with Gasteiger partial charge in [0, 0.05) is 36.6 Å². The number of ether oxygens (including phenoxy) is 1. The standard InChI is InChI=1S/C27H25F2N5O3/c1-15(28)25(35)34-27(2,3)11-8-16-14-30-12-9-17(16)22-23(21-19(32-22)10-13-31-26(21)36)33-20-7-5-6-18(29)24(20)37-4/h5-7,9,12,14,32-33H,1,10,13H2,2-4H3,(H,31,36)(H,34,35). The van der Waals surface area contributed by atoms with E-state index in [0.29, 0.717) is 52.4 Å². The predicted octanol–water partition coefficient (Wildman–Crippen LogP) is 3.98. The number of anilines is 2. The summed E-state index contributed by atoms with van der Waals surface area (Å²) < 4.78 is 32.8. The van der Waals surface area contributed by atoms with Crippen LogP contribution in [0.4, 0.5) is 20.2 Å². The third-order valence-corrected chi connectivity index (χ3v) is 5.67. The van der Waals surface area contributed by atoms with Gasteiger partial charge in [-0.3, -0.25) is 14.6 Å². The third-order valence-electron chi connectivity index (χ3n) is 5.67. The van der Waals surface area contributed by atoms with Crippen LogP contribution in [0.15, 0.2) is 49.1 Å². The van der Waals surface area contributed by atoms with Gasteiger partial charge in [-0.25, -0.2) is 8.78 Å². The largest absolute Gasteiger partial charge is 0.492 e. The van der Waals surface area contributed by atoms with Gasteiger partial charge in [0.05, 0.1) is 40.8 Å². The molecule has 4 rings (SSSR count). The number of carbonyl (C=O) groups is 2. The molecule has 2 amide bonds. The second kappa shape index (κ2) is 10.1. The fourth-order valence-corrected chi connectivity index (χ4v) is 3.97. The molecule has 0 radical (unpaired) electrons. The lowest BCUT2D eigenvalue weighted by Crippen LogP contribution is -2.42. The lowest BCUT2D eigenvalue weighted by atomic mass is 10.0. The van der Waals surface area contributed by atoms with Gasteiger partial charge < -0.3 is 25.7 Å². The first kappa shape index (κ1) is 25.4. The van der Waals surface area contributed by atoms with Crippen molar-refractivity contribution < 1.29 is 23.1 Å². The highest BCUT2D eigenvalue weighted by molar-refractivity contribution is 6.06. The van der Waals surface area contributed by atoms with Crippen molar-refractivity contribution in [1.82, 2.24) is 20.6 Å². The molecule has 4 N–H and O–H groups in total. The van der Waals surface area contributed by atoms with Crippen LogP contribution in [0.5, 0.6) is 5.75 Å². The van der Waals surface area contributed by atoms with Crippen LogP contribution >= 0.6 is 0 Å². The molecule has 0 fully saturated rings. The molecule has 0 unspecified atom stereocenters. The molecule has 3 heterocycles. The van der Waals surface area contributed by atoms with E-state index in [1.165, 1.54) is 19.2 Å². The fraction of sp³-hybridized carbons (Fsp3) is 0.222. The van der Waals surface area contributed by atoms with Crippen molar-refractivity contribution >= 4 is 23.2 Å². The summed E-state index contributed by atoms with van der Waals surface area (Å²) in [5, 5.41) is 8.47. The van der Waals surface area contributed by atoms with Gasteiger partial charge in [-0.1, -0.05) is 24.5 Å². The average Bonchev–Trinajstić information content (AvgIpc) is 3.22. The lowest BCUT2D eigenvalue weighted by molar-refractivity contribution is -0.119. The van der Waals surface area contributed by atoms with Crippen LogP contribution < -0.4 is 20.7 Å². The van der Waals surface area contributed by atoms with Gasteiger partial charge in [0.15, 0.2) is 17.4 Å². The van der Waals surface area contributed by atoms with E-state index in [0.717, 1.165) is 0 Å². The Hall–Kier alpha value is -4.65. The highest BCUT2D eigenvalue weighted by Gasteiger charge is 2.28. The molecule has 0 saturated carbocycles. The summed E-state index contributed by atoms with van der Waals surface area (Å²) in [6, 6.07) is 6.18. The van der Waals surface area contributed by atoms with Gasteiger partial charge in [0.1, 0.15) is 0 Å². The van der Waals surface area contributed by atoms with E-state index in [4.69, 9.17) is 4.74 Å². The molecule has 0 spiro atoms. The molecule has 8 nitrogen and oxygen atoms in total. The normalized spacial score (nSPS) is 12.5. The topological polar surface area (TPSA) is 108 Å². The Morgan fingerprint density at radius 1 is 1.30 bits per heavy atom. The molecule has 190 valence electrons. The number of methoxy groups -OCH3 is 1. The number of hydrogen-bond acceptors (Lipinski definition) is 5. The quantitative estimate of drug-likeness (QED) is 0.299. The monoisotopic (exact) mass is 505 g/mol. The lowest BCUT2D eigenvalue weighted by Gasteiger charge is -2.19. The number of benzene rings is 1. The molecule has 2 aromatic heterocycles. The molecule has 0 saturated heterocycles. The predicted molar refractivity (Wildman–Crippen MR) is 136 cm³/mol. The van der Waals surface area contributed by atoms with Crippen molar-refractivity contribution in [2.45, 2.75) is 25.8 Å². The van der Waals surface area contributed by atoms with Crippen LogP contribution in [-0.2, 0) is 11.2 Å². The second-order valence-electron chi connectivity index (χ2n) is 8.84. The zero-order chi connectivity index (χ0) is 26.7. The number of H-pyrrole nitrogens is 1. The highest BCUT2D eigenvalue weighted by atomic mass is 19.1. The number of rotatable bonds is 6. The molecule has 37 heavy (non-hydrogen) atoms. The summed E-state index contributed by atoms with van der Waals surface area (Å²) in [7, 11) is 1.36. The molecule has 0 atom stereocenters. The fourth-order valence-electron chi connectivity index (χ4n) is 3.97.